The summed E-state index contributed by atoms with van der Waals surface area (Å²) in [5.74, 6) is -0.379. The Morgan fingerprint density at radius 1 is 1.36 bits per heavy atom. The lowest BCUT2D eigenvalue weighted by molar-refractivity contribution is -0.142. The van der Waals surface area contributed by atoms with Crippen LogP contribution in [0.3, 0.4) is 0 Å². The predicted molar refractivity (Wildman–Crippen MR) is 56.0 cm³/mol. The van der Waals surface area contributed by atoms with Gasteiger partial charge in [0.05, 0.1) is 12.7 Å². The van der Waals surface area contributed by atoms with Crippen LogP contribution in [0.4, 0.5) is 0 Å². The van der Waals surface area contributed by atoms with Crippen molar-refractivity contribution in [2.24, 2.45) is 0 Å². The molecule has 3 nitrogen and oxygen atoms in total. The van der Waals surface area contributed by atoms with Gasteiger partial charge in [-0.2, -0.15) is 0 Å². The minimum Gasteiger partial charge on any atom is -0.460 e. The van der Waals surface area contributed by atoms with E-state index in [0.29, 0.717) is 12.2 Å². The van der Waals surface area contributed by atoms with Crippen molar-refractivity contribution in [2.75, 3.05) is 13.2 Å². The van der Waals surface area contributed by atoms with Crippen LogP contribution in [0.15, 0.2) is 24.3 Å². The molecule has 0 N–H and O–H groups in total. The van der Waals surface area contributed by atoms with E-state index in [1.165, 1.54) is 0 Å². The zero-order valence-corrected chi connectivity index (χ0v) is 9.13. The van der Waals surface area contributed by atoms with Gasteiger partial charge in [-0.25, -0.2) is 4.79 Å². The van der Waals surface area contributed by atoms with Crippen LogP contribution >= 0.6 is 0 Å². The molecule has 3 heteroatoms. The third kappa shape index (κ3) is 6.43. The second kappa shape index (κ2) is 6.38. The topological polar surface area (TPSA) is 35.5 Å². The number of carbonyl (C=O) groups is 1. The van der Waals surface area contributed by atoms with Crippen molar-refractivity contribution in [1.29, 1.82) is 0 Å². The molecular weight excluding hydrogens is 180 g/mol. The van der Waals surface area contributed by atoms with E-state index in [2.05, 4.69) is 13.2 Å². The van der Waals surface area contributed by atoms with Gasteiger partial charge >= 0.3 is 5.97 Å². The van der Waals surface area contributed by atoms with E-state index in [-0.39, 0.29) is 18.7 Å². The van der Waals surface area contributed by atoms with Gasteiger partial charge in [0, 0.05) is 5.57 Å². The molecule has 0 aliphatic rings. The molecule has 0 aliphatic carbocycles. The first-order chi connectivity index (χ1) is 6.43. The molecule has 0 saturated heterocycles. The van der Waals surface area contributed by atoms with Crippen molar-refractivity contribution in [2.45, 2.75) is 26.9 Å². The van der Waals surface area contributed by atoms with Crippen LogP contribution in [0.25, 0.3) is 0 Å². The van der Waals surface area contributed by atoms with Crippen molar-refractivity contribution in [3.63, 3.8) is 0 Å². The molecule has 0 radical (unpaired) electrons. The van der Waals surface area contributed by atoms with Gasteiger partial charge < -0.3 is 9.47 Å². The van der Waals surface area contributed by atoms with Gasteiger partial charge in [0.2, 0.25) is 0 Å². The van der Waals surface area contributed by atoms with Crippen LogP contribution in [0.5, 0.6) is 0 Å². The Morgan fingerprint density at radius 2 is 1.93 bits per heavy atom. The number of rotatable bonds is 6. The van der Waals surface area contributed by atoms with Crippen LogP contribution in [0, 0.1) is 0 Å². The Labute approximate surface area is 85.4 Å². The van der Waals surface area contributed by atoms with Gasteiger partial charge in [0.25, 0.3) is 0 Å². The summed E-state index contributed by atoms with van der Waals surface area (Å²) < 4.78 is 10.2. The maximum absolute atomic E-state index is 11.0. The largest absolute Gasteiger partial charge is 0.460 e. The summed E-state index contributed by atoms with van der Waals surface area (Å²) in [7, 11) is 0. The second-order valence-corrected chi connectivity index (χ2v) is 3.46. The number of carbonyl (C=O) groups excluding carboxylic acids is 1. The minimum absolute atomic E-state index is 0.116. The Bertz CT molecular complexity index is 231. The predicted octanol–water partition coefficient (Wildman–Crippen LogP) is 2.09. The monoisotopic (exact) mass is 198 g/mol. The quantitative estimate of drug-likeness (QED) is 0.372. The van der Waals surface area contributed by atoms with E-state index in [0.717, 1.165) is 5.57 Å². The summed E-state index contributed by atoms with van der Waals surface area (Å²) in [4.78, 5) is 11.0. The maximum atomic E-state index is 11.0. The van der Waals surface area contributed by atoms with Crippen molar-refractivity contribution in [1.82, 2.24) is 0 Å². The SMILES string of the molecule is C=C(C)COC(C)COC(=O)C(=C)C. The third-order valence-corrected chi connectivity index (χ3v) is 1.41. The Hall–Kier alpha value is -1.09. The highest BCUT2D eigenvalue weighted by atomic mass is 16.6. The van der Waals surface area contributed by atoms with Crippen LogP contribution in [0.2, 0.25) is 0 Å². The zero-order chi connectivity index (χ0) is 11.1. The third-order valence-electron chi connectivity index (χ3n) is 1.41. The van der Waals surface area contributed by atoms with Gasteiger partial charge in [-0.15, -0.1) is 0 Å². The Balaban J connectivity index is 3.63. The van der Waals surface area contributed by atoms with Gasteiger partial charge in [-0.3, -0.25) is 0 Å². The highest BCUT2D eigenvalue weighted by Crippen LogP contribution is 1.99. The molecular formula is C11H18O3. The van der Waals surface area contributed by atoms with Gasteiger partial charge in [0.1, 0.15) is 6.61 Å². The summed E-state index contributed by atoms with van der Waals surface area (Å²) in [6, 6.07) is 0. The fourth-order valence-electron chi connectivity index (χ4n) is 0.649. The first-order valence-electron chi connectivity index (χ1n) is 4.52. The molecule has 80 valence electrons. The fraction of sp³-hybridized carbons (Fsp3) is 0.545. The second-order valence-electron chi connectivity index (χ2n) is 3.46. The minimum atomic E-state index is -0.379. The zero-order valence-electron chi connectivity index (χ0n) is 9.13. The van der Waals surface area contributed by atoms with Crippen molar-refractivity contribution >= 4 is 5.97 Å². The molecule has 0 amide bonds. The van der Waals surface area contributed by atoms with Crippen molar-refractivity contribution < 1.29 is 14.3 Å². The highest BCUT2D eigenvalue weighted by Gasteiger charge is 2.07. The molecule has 0 heterocycles. The standard InChI is InChI=1S/C11H18O3/c1-8(2)6-13-10(5)7-14-11(12)9(3)4/h10H,1,3,6-7H2,2,4-5H3. The van der Waals surface area contributed by atoms with Crippen LogP contribution in [-0.2, 0) is 14.3 Å². The molecule has 0 aromatic rings. The average molecular weight is 198 g/mol. The van der Waals surface area contributed by atoms with E-state index < -0.39 is 0 Å². The molecule has 1 unspecified atom stereocenters. The molecule has 0 aliphatic heterocycles. The summed E-state index contributed by atoms with van der Waals surface area (Å²) >= 11 is 0. The molecule has 0 aromatic heterocycles. The molecule has 0 saturated carbocycles. The summed E-state index contributed by atoms with van der Waals surface area (Å²) in [5, 5.41) is 0. The maximum Gasteiger partial charge on any atom is 0.333 e. The number of hydrogen-bond donors (Lipinski definition) is 0. The summed E-state index contributed by atoms with van der Waals surface area (Å²) in [6.07, 6.45) is -0.116. The summed E-state index contributed by atoms with van der Waals surface area (Å²) in [6.45, 7) is 13.3. The molecule has 0 rings (SSSR count). The fourth-order valence-corrected chi connectivity index (χ4v) is 0.649. The van der Waals surface area contributed by atoms with E-state index >= 15 is 0 Å². The molecule has 0 spiro atoms. The smallest absolute Gasteiger partial charge is 0.333 e. The summed E-state index contributed by atoms with van der Waals surface area (Å²) in [5.41, 5.74) is 1.35. The van der Waals surface area contributed by atoms with E-state index in [4.69, 9.17) is 9.47 Å². The highest BCUT2D eigenvalue weighted by molar-refractivity contribution is 5.86. The van der Waals surface area contributed by atoms with Gasteiger partial charge in [-0.1, -0.05) is 18.7 Å². The van der Waals surface area contributed by atoms with Crippen LogP contribution in [-0.4, -0.2) is 25.3 Å². The number of esters is 1. The van der Waals surface area contributed by atoms with Crippen molar-refractivity contribution in [3.05, 3.63) is 24.3 Å². The molecule has 0 bridgehead atoms. The molecule has 1 atom stereocenters. The number of ether oxygens (including phenoxy) is 2. The Morgan fingerprint density at radius 3 is 2.36 bits per heavy atom. The van der Waals surface area contributed by atoms with Crippen molar-refractivity contribution in [3.8, 4) is 0 Å². The lowest BCUT2D eigenvalue weighted by Gasteiger charge is -2.13. The molecule has 0 aromatic carbocycles. The van der Waals surface area contributed by atoms with E-state index in [1.807, 2.05) is 13.8 Å². The van der Waals surface area contributed by atoms with Crippen LogP contribution < -0.4 is 0 Å². The molecule has 14 heavy (non-hydrogen) atoms. The molecule has 0 fully saturated rings. The average Bonchev–Trinajstić information content (AvgIpc) is 2.10. The first kappa shape index (κ1) is 12.9. The normalized spacial score (nSPS) is 11.9. The van der Waals surface area contributed by atoms with E-state index in [9.17, 15) is 4.79 Å². The van der Waals surface area contributed by atoms with Gasteiger partial charge in [0.15, 0.2) is 0 Å². The Kier molecular flexibility index (Phi) is 5.88. The van der Waals surface area contributed by atoms with Gasteiger partial charge in [-0.05, 0) is 20.8 Å². The lowest BCUT2D eigenvalue weighted by atomic mass is 10.3. The number of hydrogen-bond acceptors (Lipinski definition) is 3. The van der Waals surface area contributed by atoms with Crippen LogP contribution in [0.1, 0.15) is 20.8 Å². The first-order valence-corrected chi connectivity index (χ1v) is 4.52. The lowest BCUT2D eigenvalue weighted by Crippen LogP contribution is -2.19. The van der Waals surface area contributed by atoms with E-state index in [1.54, 1.807) is 6.92 Å².